The lowest BCUT2D eigenvalue weighted by atomic mass is 9.92. The molecule has 2 N–H and O–H groups in total. The van der Waals surface area contributed by atoms with E-state index in [0.29, 0.717) is 13.0 Å². The number of carbonyl (C=O) groups is 1. The molecule has 3 heterocycles. The average Bonchev–Trinajstić information content (AvgIpc) is 2.67. The van der Waals surface area contributed by atoms with E-state index in [9.17, 15) is 9.90 Å². The first-order valence-corrected chi connectivity index (χ1v) is 8.49. The van der Waals surface area contributed by atoms with Crippen LogP contribution in [0, 0.1) is 0 Å². The molecular formula is C17H23N7O2. The maximum Gasteiger partial charge on any atom is 0.271 e. The van der Waals surface area contributed by atoms with Crippen LogP contribution < -0.4 is 15.1 Å². The van der Waals surface area contributed by atoms with Gasteiger partial charge in [0.05, 0.1) is 5.60 Å². The first-order valence-electron chi connectivity index (χ1n) is 8.49. The summed E-state index contributed by atoms with van der Waals surface area (Å²) in [5.74, 6) is 1.22. The van der Waals surface area contributed by atoms with Crippen LogP contribution in [0.5, 0.6) is 0 Å². The Labute approximate surface area is 152 Å². The summed E-state index contributed by atoms with van der Waals surface area (Å²) in [7, 11) is 3.83. The smallest absolute Gasteiger partial charge is 0.271 e. The van der Waals surface area contributed by atoms with Crippen LogP contribution in [0.25, 0.3) is 0 Å². The number of anilines is 2. The molecular weight excluding hydrogens is 334 g/mol. The normalized spacial score (nSPS) is 19.9. The fourth-order valence-electron chi connectivity index (χ4n) is 2.96. The first kappa shape index (κ1) is 18.0. The molecule has 0 aromatic carbocycles. The van der Waals surface area contributed by atoms with Gasteiger partial charge in [0.25, 0.3) is 5.91 Å². The Balaban J connectivity index is 1.65. The first-order chi connectivity index (χ1) is 12.5. The van der Waals surface area contributed by atoms with Gasteiger partial charge in [0, 0.05) is 46.0 Å². The Bertz CT molecular complexity index is 756. The number of β-amino-alcohol motifs (C(OH)–C–C–N with tert-alkyl or cyclic N) is 1. The molecule has 138 valence electrons. The molecule has 3 rings (SSSR count). The maximum absolute atomic E-state index is 12.1. The molecule has 9 nitrogen and oxygen atoms in total. The van der Waals surface area contributed by atoms with E-state index in [4.69, 9.17) is 0 Å². The van der Waals surface area contributed by atoms with Crippen LogP contribution >= 0.6 is 0 Å². The lowest BCUT2D eigenvalue weighted by Gasteiger charge is -2.40. The molecule has 0 saturated carbocycles. The van der Waals surface area contributed by atoms with Crippen LogP contribution in [0.3, 0.4) is 0 Å². The minimum atomic E-state index is -1.03. The van der Waals surface area contributed by atoms with Gasteiger partial charge in [-0.25, -0.2) is 9.97 Å². The molecule has 0 spiro atoms. The zero-order valence-corrected chi connectivity index (χ0v) is 15.0. The Morgan fingerprint density at radius 3 is 3.00 bits per heavy atom. The van der Waals surface area contributed by atoms with Crippen LogP contribution in [0.2, 0.25) is 0 Å². The number of carbonyl (C=O) groups excluding carboxylic acids is 1. The third-order valence-electron chi connectivity index (χ3n) is 4.36. The van der Waals surface area contributed by atoms with Crippen molar-refractivity contribution in [3.63, 3.8) is 0 Å². The lowest BCUT2D eigenvalue weighted by molar-refractivity contribution is 0.0253. The number of piperidine rings is 1. The summed E-state index contributed by atoms with van der Waals surface area (Å²) < 4.78 is 0. The van der Waals surface area contributed by atoms with Crippen molar-refractivity contribution in [3.8, 4) is 0 Å². The lowest BCUT2D eigenvalue weighted by Crippen LogP contribution is -2.54. The van der Waals surface area contributed by atoms with Crippen molar-refractivity contribution in [1.82, 2.24) is 25.5 Å². The van der Waals surface area contributed by atoms with Gasteiger partial charge in [-0.3, -0.25) is 4.79 Å². The SMILES string of the molecule is CN(C)c1cc(N2CCCC(O)(CNC(=O)c3cccnn3)C2)ncn1. The van der Waals surface area contributed by atoms with E-state index in [2.05, 4.69) is 25.5 Å². The average molecular weight is 357 g/mol. The number of nitrogens with one attached hydrogen (secondary N) is 1. The highest BCUT2D eigenvalue weighted by molar-refractivity contribution is 5.92. The Morgan fingerprint density at radius 1 is 1.42 bits per heavy atom. The van der Waals surface area contributed by atoms with Crippen molar-refractivity contribution >= 4 is 17.5 Å². The van der Waals surface area contributed by atoms with Gasteiger partial charge in [-0.2, -0.15) is 5.10 Å². The van der Waals surface area contributed by atoms with Crippen molar-refractivity contribution in [3.05, 3.63) is 36.4 Å². The second-order valence-electron chi connectivity index (χ2n) is 6.67. The topological polar surface area (TPSA) is 107 Å². The van der Waals surface area contributed by atoms with Crippen molar-refractivity contribution < 1.29 is 9.90 Å². The van der Waals surface area contributed by atoms with Gasteiger partial charge in [0.1, 0.15) is 18.0 Å². The molecule has 1 aliphatic heterocycles. The summed E-state index contributed by atoms with van der Waals surface area (Å²) in [4.78, 5) is 24.6. The third kappa shape index (κ3) is 4.23. The summed E-state index contributed by atoms with van der Waals surface area (Å²) in [6.45, 7) is 1.33. The van der Waals surface area contributed by atoms with E-state index < -0.39 is 5.60 Å². The van der Waals surface area contributed by atoms with Gasteiger partial charge in [-0.1, -0.05) is 0 Å². The van der Waals surface area contributed by atoms with E-state index in [0.717, 1.165) is 24.6 Å². The molecule has 1 fully saturated rings. The molecule has 26 heavy (non-hydrogen) atoms. The summed E-state index contributed by atoms with van der Waals surface area (Å²) in [6, 6.07) is 5.13. The van der Waals surface area contributed by atoms with Gasteiger partial charge in [0.15, 0.2) is 5.69 Å². The zero-order chi connectivity index (χ0) is 18.6. The molecule has 0 radical (unpaired) electrons. The highest BCUT2D eigenvalue weighted by Crippen LogP contribution is 2.25. The van der Waals surface area contributed by atoms with Crippen LogP contribution in [0.4, 0.5) is 11.6 Å². The van der Waals surface area contributed by atoms with E-state index in [1.54, 1.807) is 12.1 Å². The van der Waals surface area contributed by atoms with Gasteiger partial charge >= 0.3 is 0 Å². The van der Waals surface area contributed by atoms with Crippen molar-refractivity contribution in [2.45, 2.75) is 18.4 Å². The predicted molar refractivity (Wildman–Crippen MR) is 97.1 cm³/mol. The van der Waals surface area contributed by atoms with E-state index in [1.807, 2.05) is 30.0 Å². The fraction of sp³-hybridized carbons (Fsp3) is 0.471. The number of aliphatic hydroxyl groups is 1. The summed E-state index contributed by atoms with van der Waals surface area (Å²) in [5, 5.41) is 21.2. The monoisotopic (exact) mass is 357 g/mol. The molecule has 0 aliphatic carbocycles. The zero-order valence-electron chi connectivity index (χ0n) is 15.0. The molecule has 1 atom stereocenters. The molecule has 1 saturated heterocycles. The number of rotatable bonds is 5. The Morgan fingerprint density at radius 2 is 2.27 bits per heavy atom. The Hall–Kier alpha value is -2.81. The molecule has 2 aromatic heterocycles. The van der Waals surface area contributed by atoms with Crippen LogP contribution in [0.1, 0.15) is 23.3 Å². The summed E-state index contributed by atoms with van der Waals surface area (Å²) in [5.41, 5.74) is -0.797. The van der Waals surface area contributed by atoms with E-state index >= 15 is 0 Å². The fourth-order valence-corrected chi connectivity index (χ4v) is 2.96. The maximum atomic E-state index is 12.1. The molecule has 1 amide bonds. The minimum Gasteiger partial charge on any atom is -0.386 e. The van der Waals surface area contributed by atoms with Crippen LogP contribution in [0.15, 0.2) is 30.7 Å². The highest BCUT2D eigenvalue weighted by atomic mass is 16.3. The second-order valence-corrected chi connectivity index (χ2v) is 6.67. The second kappa shape index (κ2) is 7.61. The van der Waals surface area contributed by atoms with Gasteiger partial charge in [0.2, 0.25) is 0 Å². The number of hydrogen-bond donors (Lipinski definition) is 2. The van der Waals surface area contributed by atoms with E-state index in [1.165, 1.54) is 12.5 Å². The standard InChI is InChI=1S/C17H23N7O2/c1-23(2)14-9-15(20-12-19-14)24-8-4-6-17(26,11-24)10-18-16(25)13-5-3-7-21-22-13/h3,5,7,9,12,26H,4,6,8,10-11H2,1-2H3,(H,18,25). The summed E-state index contributed by atoms with van der Waals surface area (Å²) >= 11 is 0. The molecule has 9 heteroatoms. The van der Waals surface area contributed by atoms with Gasteiger partial charge < -0.3 is 20.2 Å². The molecule has 0 bridgehead atoms. The molecule has 1 unspecified atom stereocenters. The van der Waals surface area contributed by atoms with Crippen molar-refractivity contribution in [2.24, 2.45) is 0 Å². The highest BCUT2D eigenvalue weighted by Gasteiger charge is 2.34. The third-order valence-corrected chi connectivity index (χ3v) is 4.36. The number of aromatic nitrogens is 4. The minimum absolute atomic E-state index is 0.143. The van der Waals surface area contributed by atoms with Crippen LogP contribution in [-0.2, 0) is 0 Å². The number of amides is 1. The Kier molecular flexibility index (Phi) is 5.27. The van der Waals surface area contributed by atoms with E-state index in [-0.39, 0.29) is 18.1 Å². The van der Waals surface area contributed by atoms with Gasteiger partial charge in [-0.15, -0.1) is 5.10 Å². The van der Waals surface area contributed by atoms with Crippen molar-refractivity contribution in [1.29, 1.82) is 0 Å². The van der Waals surface area contributed by atoms with Crippen LogP contribution in [-0.4, -0.2) is 70.5 Å². The molecule has 2 aromatic rings. The largest absolute Gasteiger partial charge is 0.386 e. The quantitative estimate of drug-likeness (QED) is 0.775. The number of hydrogen-bond acceptors (Lipinski definition) is 8. The molecule has 1 aliphatic rings. The summed E-state index contributed by atoms with van der Waals surface area (Å²) in [6.07, 6.45) is 4.44. The number of nitrogens with zero attached hydrogens (tertiary/aromatic N) is 6. The predicted octanol–water partition coefficient (Wildman–Crippen LogP) is 0.0939. The van der Waals surface area contributed by atoms with Gasteiger partial charge in [-0.05, 0) is 25.0 Å². The van der Waals surface area contributed by atoms with Crippen molar-refractivity contribution in [2.75, 3.05) is 43.5 Å².